The van der Waals surface area contributed by atoms with E-state index < -0.39 is 0 Å². The van der Waals surface area contributed by atoms with Gasteiger partial charge in [-0.05, 0) is 49.7 Å². The third kappa shape index (κ3) is 6.61. The second-order valence-electron chi connectivity index (χ2n) is 6.65. The molecule has 0 aromatic heterocycles. The molecule has 0 aliphatic carbocycles. The van der Waals surface area contributed by atoms with Crippen LogP contribution in [0.1, 0.15) is 24.5 Å². The van der Waals surface area contributed by atoms with Crippen molar-refractivity contribution in [3.05, 3.63) is 53.6 Å². The van der Waals surface area contributed by atoms with Gasteiger partial charge in [-0.1, -0.05) is 17.7 Å². The molecule has 2 amide bonds. The zero-order valence-corrected chi connectivity index (χ0v) is 17.0. The highest BCUT2D eigenvalue weighted by Crippen LogP contribution is 2.17. The molecule has 6 heteroatoms. The van der Waals surface area contributed by atoms with Gasteiger partial charge in [-0.25, -0.2) is 0 Å². The second-order valence-corrected chi connectivity index (χ2v) is 6.65. The molecule has 0 aliphatic rings. The number of hydrogen-bond acceptors (Lipinski definition) is 4. The lowest BCUT2D eigenvalue weighted by Gasteiger charge is -2.21. The average Bonchev–Trinajstić information content (AvgIpc) is 2.67. The molecule has 0 unspecified atom stereocenters. The predicted octanol–water partition coefficient (Wildman–Crippen LogP) is 3.57. The Balaban J connectivity index is 1.79. The third-order valence-electron chi connectivity index (χ3n) is 4.40. The van der Waals surface area contributed by atoms with Gasteiger partial charge in [0.05, 0.1) is 13.7 Å². The summed E-state index contributed by atoms with van der Waals surface area (Å²) in [4.78, 5) is 25.7. The van der Waals surface area contributed by atoms with E-state index in [4.69, 9.17) is 9.47 Å². The number of methoxy groups -OCH3 is 1. The summed E-state index contributed by atoms with van der Waals surface area (Å²) in [6.07, 6.45) is 0.232. The van der Waals surface area contributed by atoms with Crippen LogP contribution < -0.4 is 14.8 Å². The van der Waals surface area contributed by atoms with Crippen molar-refractivity contribution in [3.8, 4) is 11.5 Å². The van der Waals surface area contributed by atoms with Crippen LogP contribution in [0.15, 0.2) is 42.5 Å². The van der Waals surface area contributed by atoms with Crippen molar-refractivity contribution in [2.45, 2.75) is 27.2 Å². The third-order valence-corrected chi connectivity index (χ3v) is 4.40. The fourth-order valence-corrected chi connectivity index (χ4v) is 2.78. The zero-order chi connectivity index (χ0) is 20.5. The first-order chi connectivity index (χ1) is 13.4. The van der Waals surface area contributed by atoms with Crippen LogP contribution >= 0.6 is 0 Å². The Morgan fingerprint density at radius 3 is 2.29 bits per heavy atom. The largest absolute Gasteiger partial charge is 0.497 e. The summed E-state index contributed by atoms with van der Waals surface area (Å²) in [5.74, 6) is 1.26. The van der Waals surface area contributed by atoms with Crippen LogP contribution in [0.4, 0.5) is 5.69 Å². The van der Waals surface area contributed by atoms with Gasteiger partial charge in [-0.2, -0.15) is 0 Å². The number of carbonyl (C=O) groups excluding carboxylic acids is 2. The van der Waals surface area contributed by atoms with Gasteiger partial charge in [0.25, 0.3) is 0 Å². The lowest BCUT2D eigenvalue weighted by molar-refractivity contribution is -0.129. The van der Waals surface area contributed by atoms with E-state index in [0.29, 0.717) is 25.4 Å². The number of ether oxygens (including phenoxy) is 2. The molecule has 1 N–H and O–H groups in total. The van der Waals surface area contributed by atoms with Gasteiger partial charge in [0, 0.05) is 25.6 Å². The molecule has 0 fully saturated rings. The van der Waals surface area contributed by atoms with E-state index in [0.717, 1.165) is 22.6 Å². The maximum absolute atomic E-state index is 12.2. The van der Waals surface area contributed by atoms with Gasteiger partial charge < -0.3 is 19.7 Å². The minimum atomic E-state index is -0.116. The number of benzene rings is 2. The number of anilines is 1. The van der Waals surface area contributed by atoms with Gasteiger partial charge in [0.15, 0.2) is 0 Å². The van der Waals surface area contributed by atoms with E-state index >= 15 is 0 Å². The van der Waals surface area contributed by atoms with Crippen molar-refractivity contribution in [1.82, 2.24) is 4.90 Å². The quantitative estimate of drug-likeness (QED) is 0.718. The van der Waals surface area contributed by atoms with Crippen molar-refractivity contribution in [1.29, 1.82) is 0 Å². The van der Waals surface area contributed by atoms with E-state index in [9.17, 15) is 9.59 Å². The summed E-state index contributed by atoms with van der Waals surface area (Å²) in [5, 5.41) is 2.90. The van der Waals surface area contributed by atoms with Gasteiger partial charge >= 0.3 is 0 Å². The summed E-state index contributed by atoms with van der Waals surface area (Å²) >= 11 is 0. The number of rotatable bonds is 9. The summed E-state index contributed by atoms with van der Waals surface area (Å²) in [7, 11) is 1.61. The van der Waals surface area contributed by atoms with E-state index in [1.165, 1.54) is 6.92 Å². The van der Waals surface area contributed by atoms with Gasteiger partial charge in [0.2, 0.25) is 11.8 Å². The fourth-order valence-electron chi connectivity index (χ4n) is 2.78. The predicted molar refractivity (Wildman–Crippen MR) is 110 cm³/mol. The highest BCUT2D eigenvalue weighted by atomic mass is 16.5. The molecule has 0 aliphatic heterocycles. The normalized spacial score (nSPS) is 10.3. The first-order valence-corrected chi connectivity index (χ1v) is 9.28. The standard InChI is InChI=1S/C22H28N2O4/c1-16-5-10-21(17(2)15-16)23-22(26)11-12-24(18(3)25)13-14-28-20-8-6-19(27-4)7-9-20/h5-10,15H,11-14H2,1-4H3,(H,23,26). The molecular formula is C22H28N2O4. The maximum Gasteiger partial charge on any atom is 0.226 e. The molecule has 0 radical (unpaired) electrons. The molecule has 0 saturated heterocycles. The molecule has 0 spiro atoms. The summed E-state index contributed by atoms with van der Waals surface area (Å²) in [5.41, 5.74) is 2.97. The van der Waals surface area contributed by atoms with Gasteiger partial charge in [0.1, 0.15) is 18.1 Å². The zero-order valence-electron chi connectivity index (χ0n) is 17.0. The first-order valence-electron chi connectivity index (χ1n) is 9.28. The monoisotopic (exact) mass is 384 g/mol. The number of aryl methyl sites for hydroxylation is 2. The van der Waals surface area contributed by atoms with Gasteiger partial charge in [-0.15, -0.1) is 0 Å². The molecule has 28 heavy (non-hydrogen) atoms. The lowest BCUT2D eigenvalue weighted by Crippen LogP contribution is -2.35. The molecular weight excluding hydrogens is 356 g/mol. The van der Waals surface area contributed by atoms with Crippen molar-refractivity contribution < 1.29 is 19.1 Å². The van der Waals surface area contributed by atoms with Gasteiger partial charge in [-0.3, -0.25) is 9.59 Å². The molecule has 0 saturated carbocycles. The van der Waals surface area contributed by atoms with Crippen molar-refractivity contribution in [3.63, 3.8) is 0 Å². The maximum atomic E-state index is 12.2. The van der Waals surface area contributed by atoms with Crippen LogP contribution in [-0.2, 0) is 9.59 Å². The molecule has 2 aromatic carbocycles. The Labute approximate surface area is 166 Å². The number of nitrogens with zero attached hydrogens (tertiary/aromatic N) is 1. The average molecular weight is 384 g/mol. The van der Waals surface area contributed by atoms with Crippen LogP contribution in [0, 0.1) is 13.8 Å². The fraction of sp³-hybridized carbons (Fsp3) is 0.364. The Kier molecular flexibility index (Phi) is 7.87. The Morgan fingerprint density at radius 1 is 1.00 bits per heavy atom. The topological polar surface area (TPSA) is 67.9 Å². The Hall–Kier alpha value is -3.02. The SMILES string of the molecule is COc1ccc(OCCN(CCC(=O)Nc2ccc(C)cc2C)C(C)=O)cc1. The van der Waals surface area contributed by atoms with Crippen molar-refractivity contribution >= 4 is 17.5 Å². The number of carbonyl (C=O) groups is 2. The van der Waals surface area contributed by atoms with E-state index in [-0.39, 0.29) is 18.2 Å². The van der Waals surface area contributed by atoms with Crippen LogP contribution in [0.25, 0.3) is 0 Å². The molecule has 6 nitrogen and oxygen atoms in total. The second kappa shape index (κ2) is 10.3. The lowest BCUT2D eigenvalue weighted by atomic mass is 10.1. The number of amides is 2. The summed E-state index contributed by atoms with van der Waals surface area (Å²) in [6, 6.07) is 13.1. The van der Waals surface area contributed by atoms with E-state index in [1.807, 2.05) is 56.3 Å². The number of nitrogens with one attached hydrogen (secondary N) is 1. The smallest absolute Gasteiger partial charge is 0.226 e. The Morgan fingerprint density at radius 2 is 1.68 bits per heavy atom. The molecule has 0 atom stereocenters. The summed E-state index contributed by atoms with van der Waals surface area (Å²) in [6.45, 7) is 6.58. The highest BCUT2D eigenvalue weighted by molar-refractivity contribution is 5.91. The minimum Gasteiger partial charge on any atom is -0.497 e. The van der Waals surface area contributed by atoms with Crippen LogP contribution in [0.2, 0.25) is 0 Å². The molecule has 2 aromatic rings. The van der Waals surface area contributed by atoms with E-state index in [2.05, 4.69) is 5.32 Å². The van der Waals surface area contributed by atoms with Crippen LogP contribution in [0.5, 0.6) is 11.5 Å². The Bertz CT molecular complexity index is 803. The van der Waals surface area contributed by atoms with Crippen molar-refractivity contribution in [2.24, 2.45) is 0 Å². The molecule has 2 rings (SSSR count). The summed E-state index contributed by atoms with van der Waals surface area (Å²) < 4.78 is 10.8. The highest BCUT2D eigenvalue weighted by Gasteiger charge is 2.12. The van der Waals surface area contributed by atoms with Crippen LogP contribution in [-0.4, -0.2) is 43.5 Å². The van der Waals surface area contributed by atoms with Crippen molar-refractivity contribution in [2.75, 3.05) is 32.1 Å². The first kappa shape index (κ1) is 21.3. The molecule has 0 bridgehead atoms. The van der Waals surface area contributed by atoms with Crippen LogP contribution in [0.3, 0.4) is 0 Å². The molecule has 0 heterocycles. The van der Waals surface area contributed by atoms with E-state index in [1.54, 1.807) is 12.0 Å². The minimum absolute atomic E-state index is 0.0855. The molecule has 150 valence electrons. The number of hydrogen-bond donors (Lipinski definition) is 1.